The summed E-state index contributed by atoms with van der Waals surface area (Å²) in [5, 5.41) is 0. The zero-order valence-electron chi connectivity index (χ0n) is 11.7. The number of hydrogen-bond donors (Lipinski definition) is 1. The zero-order chi connectivity index (χ0) is 15.2. The first-order valence-electron chi connectivity index (χ1n) is 6.62. The molecule has 0 spiro atoms. The van der Waals surface area contributed by atoms with Crippen LogP contribution in [0, 0.1) is 5.82 Å². The van der Waals surface area contributed by atoms with Crippen LogP contribution in [0.15, 0.2) is 46.9 Å². The van der Waals surface area contributed by atoms with Gasteiger partial charge in [0.2, 0.25) is 0 Å². The maximum atomic E-state index is 13.8. The molecule has 0 aliphatic rings. The highest BCUT2D eigenvalue weighted by Gasteiger charge is 2.07. The minimum absolute atomic E-state index is 0.200. The van der Waals surface area contributed by atoms with Gasteiger partial charge in [0.15, 0.2) is 11.6 Å². The lowest BCUT2D eigenvalue weighted by Crippen LogP contribution is -2.10. The molecule has 21 heavy (non-hydrogen) atoms. The third-order valence-electron chi connectivity index (χ3n) is 2.90. The van der Waals surface area contributed by atoms with E-state index in [1.54, 1.807) is 19.1 Å². The summed E-state index contributed by atoms with van der Waals surface area (Å²) in [6.07, 6.45) is 0. The van der Waals surface area contributed by atoms with Crippen molar-refractivity contribution in [2.45, 2.75) is 13.0 Å². The van der Waals surface area contributed by atoms with Crippen LogP contribution in [0.1, 0.15) is 18.5 Å². The van der Waals surface area contributed by atoms with Gasteiger partial charge in [-0.3, -0.25) is 0 Å². The van der Waals surface area contributed by atoms with Crippen LogP contribution < -0.4 is 15.2 Å². The van der Waals surface area contributed by atoms with Crippen LogP contribution in [0.2, 0.25) is 0 Å². The van der Waals surface area contributed by atoms with E-state index in [0.717, 1.165) is 15.8 Å². The van der Waals surface area contributed by atoms with Crippen LogP contribution in [0.3, 0.4) is 0 Å². The predicted octanol–water partition coefficient (Wildman–Crippen LogP) is 4.07. The molecule has 2 rings (SSSR count). The standard InChI is InChI=1S/C16H17BrFNO2/c1-11(19)12-2-7-16(15(18)10-12)21-9-8-20-14-5-3-13(17)4-6-14/h2-7,10-11H,8-9,19H2,1H3/t11-/m0/s1. The van der Waals surface area contributed by atoms with E-state index in [9.17, 15) is 4.39 Å². The van der Waals surface area contributed by atoms with Crippen LogP contribution in [0.25, 0.3) is 0 Å². The average molecular weight is 354 g/mol. The lowest BCUT2D eigenvalue weighted by atomic mass is 10.1. The Hall–Kier alpha value is -1.59. The minimum Gasteiger partial charge on any atom is -0.490 e. The van der Waals surface area contributed by atoms with Gasteiger partial charge in [-0.05, 0) is 48.9 Å². The summed E-state index contributed by atoms with van der Waals surface area (Å²) in [4.78, 5) is 0. The lowest BCUT2D eigenvalue weighted by molar-refractivity contribution is 0.211. The van der Waals surface area contributed by atoms with E-state index in [1.165, 1.54) is 6.07 Å². The molecular weight excluding hydrogens is 337 g/mol. The molecule has 0 aliphatic carbocycles. The van der Waals surface area contributed by atoms with Crippen molar-refractivity contribution in [1.82, 2.24) is 0 Å². The largest absolute Gasteiger partial charge is 0.490 e. The number of nitrogens with two attached hydrogens (primary N) is 1. The van der Waals surface area contributed by atoms with E-state index >= 15 is 0 Å². The third kappa shape index (κ3) is 4.72. The van der Waals surface area contributed by atoms with E-state index < -0.39 is 5.82 Å². The topological polar surface area (TPSA) is 44.5 Å². The fourth-order valence-electron chi connectivity index (χ4n) is 1.76. The highest BCUT2D eigenvalue weighted by atomic mass is 79.9. The molecule has 0 radical (unpaired) electrons. The van der Waals surface area contributed by atoms with Crippen molar-refractivity contribution < 1.29 is 13.9 Å². The SMILES string of the molecule is C[C@H](N)c1ccc(OCCOc2ccc(Br)cc2)c(F)c1. The van der Waals surface area contributed by atoms with Crippen molar-refractivity contribution in [1.29, 1.82) is 0 Å². The van der Waals surface area contributed by atoms with E-state index in [4.69, 9.17) is 15.2 Å². The smallest absolute Gasteiger partial charge is 0.165 e. The molecule has 0 fully saturated rings. The predicted molar refractivity (Wildman–Crippen MR) is 84.1 cm³/mol. The van der Waals surface area contributed by atoms with Gasteiger partial charge in [0.1, 0.15) is 19.0 Å². The van der Waals surface area contributed by atoms with Crippen molar-refractivity contribution in [2.75, 3.05) is 13.2 Å². The summed E-state index contributed by atoms with van der Waals surface area (Å²) in [7, 11) is 0. The van der Waals surface area contributed by atoms with Crippen molar-refractivity contribution in [3.63, 3.8) is 0 Å². The van der Waals surface area contributed by atoms with Gasteiger partial charge >= 0.3 is 0 Å². The molecule has 0 unspecified atom stereocenters. The Balaban J connectivity index is 1.82. The summed E-state index contributed by atoms with van der Waals surface area (Å²) >= 11 is 3.35. The Bertz CT molecular complexity index is 587. The molecule has 0 saturated carbocycles. The summed E-state index contributed by atoms with van der Waals surface area (Å²) < 4.78 is 25.6. The van der Waals surface area contributed by atoms with Gasteiger partial charge in [0.05, 0.1) is 0 Å². The quantitative estimate of drug-likeness (QED) is 0.796. The van der Waals surface area contributed by atoms with E-state index in [1.807, 2.05) is 24.3 Å². The molecule has 0 aromatic heterocycles. The van der Waals surface area contributed by atoms with E-state index in [0.29, 0.717) is 6.61 Å². The first-order chi connectivity index (χ1) is 10.1. The van der Waals surface area contributed by atoms with Crippen LogP contribution >= 0.6 is 15.9 Å². The maximum absolute atomic E-state index is 13.8. The molecule has 112 valence electrons. The normalized spacial score (nSPS) is 12.0. The van der Waals surface area contributed by atoms with Gasteiger partial charge in [-0.2, -0.15) is 0 Å². The van der Waals surface area contributed by atoms with E-state index in [2.05, 4.69) is 15.9 Å². The number of rotatable bonds is 6. The van der Waals surface area contributed by atoms with Gasteiger partial charge in [0.25, 0.3) is 0 Å². The van der Waals surface area contributed by atoms with Gasteiger partial charge in [-0.25, -0.2) is 4.39 Å². The Morgan fingerprint density at radius 3 is 2.38 bits per heavy atom. The van der Waals surface area contributed by atoms with Crippen molar-refractivity contribution in [3.05, 3.63) is 58.3 Å². The second-order valence-corrected chi connectivity index (χ2v) is 5.55. The molecule has 0 heterocycles. The lowest BCUT2D eigenvalue weighted by Gasteiger charge is -2.11. The molecule has 0 aliphatic heterocycles. The molecule has 2 aromatic rings. The van der Waals surface area contributed by atoms with Crippen molar-refractivity contribution >= 4 is 15.9 Å². The zero-order valence-corrected chi connectivity index (χ0v) is 13.3. The van der Waals surface area contributed by atoms with Crippen molar-refractivity contribution in [2.24, 2.45) is 5.73 Å². The highest BCUT2D eigenvalue weighted by Crippen LogP contribution is 2.21. The molecule has 2 N–H and O–H groups in total. The monoisotopic (exact) mass is 353 g/mol. The Morgan fingerprint density at radius 1 is 1.10 bits per heavy atom. The molecule has 1 atom stereocenters. The number of halogens is 2. The first kappa shape index (κ1) is 15.8. The number of ether oxygens (including phenoxy) is 2. The Labute approximate surface area is 132 Å². The van der Waals surface area contributed by atoms with E-state index in [-0.39, 0.29) is 18.4 Å². The minimum atomic E-state index is -0.409. The Morgan fingerprint density at radius 2 is 1.76 bits per heavy atom. The second-order valence-electron chi connectivity index (χ2n) is 4.63. The molecular formula is C16H17BrFNO2. The fourth-order valence-corrected chi connectivity index (χ4v) is 2.02. The number of benzene rings is 2. The molecule has 0 bridgehead atoms. The summed E-state index contributed by atoms with van der Waals surface area (Å²) in [6.45, 7) is 2.42. The molecule has 3 nitrogen and oxygen atoms in total. The fraction of sp³-hybridized carbons (Fsp3) is 0.250. The van der Waals surface area contributed by atoms with Gasteiger partial charge in [-0.1, -0.05) is 22.0 Å². The Kier molecular flexibility index (Phi) is 5.59. The second kappa shape index (κ2) is 7.43. The van der Waals surface area contributed by atoms with Crippen LogP contribution in [0.5, 0.6) is 11.5 Å². The van der Waals surface area contributed by atoms with Crippen LogP contribution in [0.4, 0.5) is 4.39 Å². The van der Waals surface area contributed by atoms with Crippen LogP contribution in [-0.4, -0.2) is 13.2 Å². The molecule has 0 saturated heterocycles. The maximum Gasteiger partial charge on any atom is 0.165 e. The van der Waals surface area contributed by atoms with Gasteiger partial charge < -0.3 is 15.2 Å². The van der Waals surface area contributed by atoms with Gasteiger partial charge in [-0.15, -0.1) is 0 Å². The average Bonchev–Trinajstić information content (AvgIpc) is 2.46. The molecule has 5 heteroatoms. The summed E-state index contributed by atoms with van der Waals surface area (Å²) in [5.41, 5.74) is 6.44. The third-order valence-corrected chi connectivity index (χ3v) is 3.43. The molecule has 0 amide bonds. The van der Waals surface area contributed by atoms with Gasteiger partial charge in [0, 0.05) is 10.5 Å². The van der Waals surface area contributed by atoms with Crippen molar-refractivity contribution in [3.8, 4) is 11.5 Å². The number of hydrogen-bond acceptors (Lipinski definition) is 3. The van der Waals surface area contributed by atoms with Crippen LogP contribution in [-0.2, 0) is 0 Å². The highest BCUT2D eigenvalue weighted by molar-refractivity contribution is 9.10. The first-order valence-corrected chi connectivity index (χ1v) is 7.42. The summed E-state index contributed by atoms with van der Waals surface area (Å²) in [6, 6.07) is 12.0. The summed E-state index contributed by atoms with van der Waals surface area (Å²) in [5.74, 6) is 0.543. The molecule has 2 aromatic carbocycles.